The average Bonchev–Trinajstić information content (AvgIpc) is 2.28. The van der Waals surface area contributed by atoms with Crippen LogP contribution in [0.1, 0.15) is 18.4 Å². The van der Waals surface area contributed by atoms with E-state index >= 15 is 0 Å². The topological polar surface area (TPSA) is 70.0 Å². The summed E-state index contributed by atoms with van der Waals surface area (Å²) in [5.74, 6) is 0. The summed E-state index contributed by atoms with van der Waals surface area (Å²) in [5.41, 5.74) is 1.04. The number of rotatable bonds is 6. The molecule has 0 heterocycles. The van der Waals surface area contributed by atoms with Crippen LogP contribution in [-0.2, 0) is 16.4 Å². The molecule has 0 aliphatic carbocycles. The van der Waals surface area contributed by atoms with E-state index in [1.165, 1.54) is 6.26 Å². The Hall–Kier alpha value is -1.38. The lowest BCUT2D eigenvalue weighted by Gasteiger charge is -2.04. The fraction of sp³-hybridized carbons (Fsp3) is 0.417. The van der Waals surface area contributed by atoms with Gasteiger partial charge in [0.15, 0.2) is 9.84 Å². The fourth-order valence-corrected chi connectivity index (χ4v) is 2.01. The second-order valence-corrected chi connectivity index (χ2v) is 5.87. The van der Waals surface area contributed by atoms with E-state index in [1.807, 2.05) is 0 Å². The first kappa shape index (κ1) is 13.7. The maximum absolute atomic E-state index is 11.2. The van der Waals surface area contributed by atoms with Gasteiger partial charge in [-0.05, 0) is 30.7 Å². The van der Waals surface area contributed by atoms with Crippen LogP contribution in [0.15, 0.2) is 29.2 Å². The standard InChI is InChI=1S/C12H16N2O2S/c1-17(15,16)12-6-4-11(5-7-12)10-14-9-3-2-8-13/h4-7,14H,2-3,9-10H2,1H3. The molecule has 0 aliphatic rings. The van der Waals surface area contributed by atoms with Crippen molar-refractivity contribution in [2.75, 3.05) is 12.8 Å². The van der Waals surface area contributed by atoms with Gasteiger partial charge in [-0.3, -0.25) is 0 Å². The van der Waals surface area contributed by atoms with Crippen molar-refractivity contribution in [3.63, 3.8) is 0 Å². The summed E-state index contributed by atoms with van der Waals surface area (Å²) in [6, 6.07) is 8.91. The molecule has 0 amide bonds. The summed E-state index contributed by atoms with van der Waals surface area (Å²) in [7, 11) is -3.11. The van der Waals surface area contributed by atoms with Crippen LogP contribution in [0.3, 0.4) is 0 Å². The zero-order chi connectivity index (χ0) is 12.7. The van der Waals surface area contributed by atoms with E-state index in [0.717, 1.165) is 18.5 Å². The highest BCUT2D eigenvalue weighted by atomic mass is 32.2. The van der Waals surface area contributed by atoms with E-state index in [9.17, 15) is 8.42 Å². The first-order valence-corrected chi connectivity index (χ1v) is 7.30. The van der Waals surface area contributed by atoms with E-state index in [1.54, 1.807) is 24.3 Å². The molecule has 5 heteroatoms. The van der Waals surface area contributed by atoms with Crippen molar-refractivity contribution in [2.45, 2.75) is 24.3 Å². The molecule has 0 atom stereocenters. The number of hydrogen-bond donors (Lipinski definition) is 1. The molecule has 1 rings (SSSR count). The van der Waals surface area contributed by atoms with Crippen molar-refractivity contribution < 1.29 is 8.42 Å². The number of sulfone groups is 1. The first-order chi connectivity index (χ1) is 8.04. The highest BCUT2D eigenvalue weighted by Crippen LogP contribution is 2.10. The van der Waals surface area contributed by atoms with Crippen molar-refractivity contribution in [1.29, 1.82) is 5.26 Å². The van der Waals surface area contributed by atoms with Crippen LogP contribution >= 0.6 is 0 Å². The van der Waals surface area contributed by atoms with E-state index in [2.05, 4.69) is 11.4 Å². The Morgan fingerprint density at radius 3 is 2.47 bits per heavy atom. The third-order valence-corrected chi connectivity index (χ3v) is 3.45. The van der Waals surface area contributed by atoms with Crippen molar-refractivity contribution >= 4 is 9.84 Å². The molecule has 0 spiro atoms. The van der Waals surface area contributed by atoms with Crippen molar-refractivity contribution in [3.05, 3.63) is 29.8 Å². The Kier molecular flexibility index (Phi) is 5.13. The lowest BCUT2D eigenvalue weighted by Crippen LogP contribution is -2.14. The lowest BCUT2D eigenvalue weighted by atomic mass is 10.2. The fourth-order valence-electron chi connectivity index (χ4n) is 1.38. The Labute approximate surface area is 102 Å². The molecule has 0 aromatic heterocycles. The zero-order valence-electron chi connectivity index (χ0n) is 9.81. The van der Waals surface area contributed by atoms with Gasteiger partial charge in [0.05, 0.1) is 11.0 Å². The molecular weight excluding hydrogens is 236 g/mol. The van der Waals surface area contributed by atoms with Crippen LogP contribution in [0, 0.1) is 11.3 Å². The molecule has 0 saturated heterocycles. The molecule has 17 heavy (non-hydrogen) atoms. The molecule has 1 N–H and O–H groups in total. The second-order valence-electron chi connectivity index (χ2n) is 3.85. The summed E-state index contributed by atoms with van der Waals surface area (Å²) in [5, 5.41) is 11.5. The summed E-state index contributed by atoms with van der Waals surface area (Å²) in [6.45, 7) is 1.48. The first-order valence-electron chi connectivity index (χ1n) is 5.40. The summed E-state index contributed by atoms with van der Waals surface area (Å²) >= 11 is 0. The molecule has 4 nitrogen and oxygen atoms in total. The number of nitrogens with zero attached hydrogens (tertiary/aromatic N) is 1. The molecule has 1 aromatic carbocycles. The highest BCUT2D eigenvalue weighted by molar-refractivity contribution is 7.90. The summed E-state index contributed by atoms with van der Waals surface area (Å²) in [4.78, 5) is 0.339. The smallest absolute Gasteiger partial charge is 0.175 e. The monoisotopic (exact) mass is 252 g/mol. The van der Waals surface area contributed by atoms with Crippen molar-refractivity contribution in [1.82, 2.24) is 5.32 Å². The average molecular weight is 252 g/mol. The number of nitriles is 1. The van der Waals surface area contributed by atoms with Crippen LogP contribution in [0.5, 0.6) is 0 Å². The van der Waals surface area contributed by atoms with Crippen LogP contribution in [0.25, 0.3) is 0 Å². The van der Waals surface area contributed by atoms with Gasteiger partial charge in [0.1, 0.15) is 0 Å². The lowest BCUT2D eigenvalue weighted by molar-refractivity contribution is 0.601. The predicted molar refractivity (Wildman–Crippen MR) is 66.1 cm³/mol. The Bertz CT molecular complexity index is 486. The van der Waals surface area contributed by atoms with Gasteiger partial charge in [-0.25, -0.2) is 8.42 Å². The Morgan fingerprint density at radius 1 is 1.29 bits per heavy atom. The van der Waals surface area contributed by atoms with Gasteiger partial charge in [-0.2, -0.15) is 5.26 Å². The maximum atomic E-state index is 11.2. The van der Waals surface area contributed by atoms with Crippen molar-refractivity contribution in [2.24, 2.45) is 0 Å². The maximum Gasteiger partial charge on any atom is 0.175 e. The van der Waals surface area contributed by atoms with Crippen LogP contribution in [0.2, 0.25) is 0 Å². The molecule has 0 saturated carbocycles. The van der Waals surface area contributed by atoms with Gasteiger partial charge < -0.3 is 5.32 Å². The molecule has 0 fully saturated rings. The summed E-state index contributed by atoms with van der Waals surface area (Å²) in [6.07, 6.45) is 2.58. The normalized spacial score (nSPS) is 11.1. The molecule has 0 radical (unpaired) electrons. The molecular formula is C12H16N2O2S. The molecule has 1 aromatic rings. The van der Waals surface area contributed by atoms with Gasteiger partial charge in [-0.15, -0.1) is 0 Å². The number of hydrogen-bond acceptors (Lipinski definition) is 4. The van der Waals surface area contributed by atoms with E-state index < -0.39 is 9.84 Å². The van der Waals surface area contributed by atoms with E-state index in [4.69, 9.17) is 5.26 Å². The van der Waals surface area contributed by atoms with Crippen LogP contribution < -0.4 is 5.32 Å². The third kappa shape index (κ3) is 4.98. The minimum Gasteiger partial charge on any atom is -0.313 e. The minimum absolute atomic E-state index is 0.339. The number of nitrogens with one attached hydrogen (secondary N) is 1. The largest absolute Gasteiger partial charge is 0.313 e. The van der Waals surface area contributed by atoms with Crippen molar-refractivity contribution in [3.8, 4) is 6.07 Å². The van der Waals surface area contributed by atoms with Gasteiger partial charge >= 0.3 is 0 Å². The van der Waals surface area contributed by atoms with Crippen LogP contribution in [-0.4, -0.2) is 21.2 Å². The second kappa shape index (κ2) is 6.38. The Balaban J connectivity index is 2.44. The Morgan fingerprint density at radius 2 is 1.94 bits per heavy atom. The third-order valence-electron chi connectivity index (χ3n) is 2.32. The molecule has 0 bridgehead atoms. The molecule has 92 valence electrons. The van der Waals surface area contributed by atoms with E-state index in [0.29, 0.717) is 17.9 Å². The van der Waals surface area contributed by atoms with Crippen LogP contribution in [0.4, 0.5) is 0 Å². The molecule has 0 aliphatic heterocycles. The minimum atomic E-state index is -3.11. The summed E-state index contributed by atoms with van der Waals surface area (Å²) < 4.78 is 22.5. The highest BCUT2D eigenvalue weighted by Gasteiger charge is 2.05. The number of unbranched alkanes of at least 4 members (excludes halogenated alkanes) is 1. The van der Waals surface area contributed by atoms with Gasteiger partial charge in [-0.1, -0.05) is 12.1 Å². The molecule has 0 unspecified atom stereocenters. The number of benzene rings is 1. The van der Waals surface area contributed by atoms with E-state index in [-0.39, 0.29) is 0 Å². The quantitative estimate of drug-likeness (QED) is 0.779. The van der Waals surface area contributed by atoms with Gasteiger partial charge in [0.2, 0.25) is 0 Å². The zero-order valence-corrected chi connectivity index (χ0v) is 10.6. The van der Waals surface area contributed by atoms with Gasteiger partial charge in [0, 0.05) is 19.2 Å². The predicted octanol–water partition coefficient (Wildman–Crippen LogP) is 1.48. The SMILES string of the molecule is CS(=O)(=O)c1ccc(CNCCCC#N)cc1. The van der Waals surface area contributed by atoms with Gasteiger partial charge in [0.25, 0.3) is 0 Å².